The van der Waals surface area contributed by atoms with Gasteiger partial charge in [-0.15, -0.1) is 0 Å². The largest absolute Gasteiger partial charge is 0.493 e. The molecule has 0 heterocycles. The maximum atomic E-state index is 12.6. The average Bonchev–Trinajstić information content (AvgIpc) is 2.76. The summed E-state index contributed by atoms with van der Waals surface area (Å²) in [6.45, 7) is 12.6. The van der Waals surface area contributed by atoms with Gasteiger partial charge < -0.3 is 18.9 Å². The summed E-state index contributed by atoms with van der Waals surface area (Å²) in [5.74, 6) is -0.715. The second-order valence-electron chi connectivity index (χ2n) is 8.99. The lowest BCUT2D eigenvalue weighted by atomic mass is 9.87. The van der Waals surface area contributed by atoms with Crippen LogP contribution in [0.5, 0.6) is 11.5 Å². The molecule has 2 aromatic rings. The first-order valence-corrected chi connectivity index (χ1v) is 11.7. The first-order valence-electron chi connectivity index (χ1n) is 11.7. The topological polar surface area (TPSA) is 71.1 Å². The lowest BCUT2D eigenvalue weighted by Gasteiger charge is -2.24. The van der Waals surface area contributed by atoms with Crippen LogP contribution in [0.1, 0.15) is 46.2 Å². The summed E-state index contributed by atoms with van der Waals surface area (Å²) in [6, 6.07) is 8.24. The molecule has 0 aliphatic rings. The minimum absolute atomic E-state index is 0.273. The van der Waals surface area contributed by atoms with Crippen LogP contribution in [0, 0.1) is 53.4 Å². The van der Waals surface area contributed by atoms with Crippen molar-refractivity contribution in [2.24, 2.45) is 11.8 Å². The Morgan fingerprint density at radius 3 is 1.18 bits per heavy atom. The number of esters is 2. The first kappa shape index (κ1) is 27.2. The summed E-state index contributed by atoms with van der Waals surface area (Å²) in [5.41, 5.74) is 6.48. The molecule has 186 valence electrons. The van der Waals surface area contributed by atoms with Crippen LogP contribution >= 0.6 is 0 Å². The second kappa shape index (κ2) is 12.4. The standard InChI is InChI=1S/C28H38O6/c1-17-13-19(3)25(20(4)14-17)33-11-9-23(27(29)31-7)24(28(30)32-8)10-12-34-26-21(5)15-18(2)16-22(26)6/h13-16,23-24H,9-12H2,1-8H3/t23-,24+. The Labute approximate surface area is 203 Å². The van der Waals surface area contributed by atoms with Crippen molar-refractivity contribution < 1.29 is 28.5 Å². The van der Waals surface area contributed by atoms with E-state index < -0.39 is 23.8 Å². The van der Waals surface area contributed by atoms with Crippen LogP contribution in [0.2, 0.25) is 0 Å². The quantitative estimate of drug-likeness (QED) is 0.412. The van der Waals surface area contributed by atoms with E-state index in [2.05, 4.69) is 24.3 Å². The molecular weight excluding hydrogens is 432 g/mol. The van der Waals surface area contributed by atoms with E-state index in [1.807, 2.05) is 41.5 Å². The molecule has 0 aliphatic carbocycles. The Kier molecular flexibility index (Phi) is 9.97. The lowest BCUT2D eigenvalue weighted by molar-refractivity contribution is -0.158. The number of hydrogen-bond donors (Lipinski definition) is 0. The Hall–Kier alpha value is -3.02. The highest BCUT2D eigenvalue weighted by Gasteiger charge is 2.35. The van der Waals surface area contributed by atoms with Crippen LogP contribution in [-0.4, -0.2) is 39.4 Å². The Morgan fingerprint density at radius 2 is 0.912 bits per heavy atom. The molecule has 0 saturated carbocycles. The molecule has 2 aromatic carbocycles. The zero-order valence-electron chi connectivity index (χ0n) is 21.7. The summed E-state index contributed by atoms with van der Waals surface area (Å²) in [4.78, 5) is 25.3. The van der Waals surface area contributed by atoms with E-state index in [-0.39, 0.29) is 13.2 Å². The molecule has 2 rings (SSSR count). The van der Waals surface area contributed by atoms with E-state index in [1.54, 1.807) is 0 Å². The van der Waals surface area contributed by atoms with Crippen LogP contribution in [0.15, 0.2) is 24.3 Å². The van der Waals surface area contributed by atoms with E-state index in [1.165, 1.54) is 25.3 Å². The van der Waals surface area contributed by atoms with Crippen LogP contribution in [0.4, 0.5) is 0 Å². The van der Waals surface area contributed by atoms with E-state index >= 15 is 0 Å². The van der Waals surface area contributed by atoms with Crippen LogP contribution in [0.3, 0.4) is 0 Å². The van der Waals surface area contributed by atoms with Gasteiger partial charge in [-0.05, 0) is 76.6 Å². The number of rotatable bonds is 11. The maximum absolute atomic E-state index is 12.6. The number of hydrogen-bond acceptors (Lipinski definition) is 6. The molecule has 0 unspecified atom stereocenters. The fourth-order valence-corrected chi connectivity index (χ4v) is 4.63. The third-order valence-electron chi connectivity index (χ3n) is 6.05. The molecule has 6 nitrogen and oxygen atoms in total. The minimum Gasteiger partial charge on any atom is -0.493 e. The molecular formula is C28H38O6. The molecule has 2 atom stereocenters. The van der Waals surface area contributed by atoms with Gasteiger partial charge in [-0.2, -0.15) is 0 Å². The first-order chi connectivity index (χ1) is 16.1. The third-order valence-corrected chi connectivity index (χ3v) is 6.05. The molecule has 0 bridgehead atoms. The van der Waals surface area contributed by atoms with Gasteiger partial charge in [0.25, 0.3) is 0 Å². The summed E-state index contributed by atoms with van der Waals surface area (Å²) in [7, 11) is 2.66. The lowest BCUT2D eigenvalue weighted by Crippen LogP contribution is -2.34. The number of carbonyl (C=O) groups is 2. The maximum Gasteiger partial charge on any atom is 0.309 e. The van der Waals surface area contributed by atoms with Gasteiger partial charge in [0.05, 0.1) is 39.3 Å². The normalized spacial score (nSPS) is 12.6. The predicted octanol–water partition coefficient (Wildman–Crippen LogP) is 5.35. The molecule has 0 saturated heterocycles. The summed E-state index contributed by atoms with van der Waals surface area (Å²) in [5, 5.41) is 0. The Balaban J connectivity index is 2.13. The minimum atomic E-state index is -0.702. The fraction of sp³-hybridized carbons (Fsp3) is 0.500. The average molecular weight is 471 g/mol. The zero-order valence-corrected chi connectivity index (χ0v) is 21.7. The summed E-state index contributed by atoms with van der Waals surface area (Å²) in [6.07, 6.45) is 0.642. The van der Waals surface area contributed by atoms with Crippen molar-refractivity contribution >= 4 is 11.9 Å². The summed E-state index contributed by atoms with van der Waals surface area (Å²) < 4.78 is 22.1. The highest BCUT2D eigenvalue weighted by atomic mass is 16.5. The smallest absolute Gasteiger partial charge is 0.309 e. The molecule has 0 fully saturated rings. The molecule has 0 radical (unpaired) electrons. The Bertz CT molecular complexity index is 882. The van der Waals surface area contributed by atoms with Crippen molar-refractivity contribution in [3.63, 3.8) is 0 Å². The molecule has 0 spiro atoms. The van der Waals surface area contributed by atoms with Crippen molar-refractivity contribution in [3.8, 4) is 11.5 Å². The van der Waals surface area contributed by atoms with E-state index in [0.717, 1.165) is 33.8 Å². The van der Waals surface area contributed by atoms with E-state index in [0.29, 0.717) is 12.8 Å². The molecule has 0 amide bonds. The van der Waals surface area contributed by atoms with Crippen molar-refractivity contribution in [3.05, 3.63) is 57.6 Å². The predicted molar refractivity (Wildman–Crippen MR) is 133 cm³/mol. The number of carbonyl (C=O) groups excluding carboxylic acids is 2. The van der Waals surface area contributed by atoms with Crippen molar-refractivity contribution in [2.45, 2.75) is 54.4 Å². The molecule has 0 N–H and O–H groups in total. The molecule has 6 heteroatoms. The van der Waals surface area contributed by atoms with Gasteiger partial charge in [0.1, 0.15) is 11.5 Å². The van der Waals surface area contributed by atoms with Crippen LogP contribution in [-0.2, 0) is 19.1 Å². The van der Waals surface area contributed by atoms with Gasteiger partial charge in [0.15, 0.2) is 0 Å². The number of ether oxygens (including phenoxy) is 4. The number of aryl methyl sites for hydroxylation is 6. The molecule has 34 heavy (non-hydrogen) atoms. The van der Waals surface area contributed by atoms with Gasteiger partial charge in [-0.3, -0.25) is 9.59 Å². The highest BCUT2D eigenvalue weighted by molar-refractivity contribution is 5.82. The van der Waals surface area contributed by atoms with E-state index in [9.17, 15) is 9.59 Å². The SMILES string of the molecule is COC(=O)[C@@H](CCOc1c(C)cc(C)cc1C)[C@@H](CCOc1c(C)cc(C)cc1C)C(=O)OC. The zero-order chi connectivity index (χ0) is 25.4. The van der Waals surface area contributed by atoms with Crippen molar-refractivity contribution in [2.75, 3.05) is 27.4 Å². The van der Waals surface area contributed by atoms with Crippen LogP contribution in [0.25, 0.3) is 0 Å². The van der Waals surface area contributed by atoms with E-state index in [4.69, 9.17) is 18.9 Å². The number of methoxy groups -OCH3 is 2. The molecule has 0 aliphatic heterocycles. The number of benzene rings is 2. The van der Waals surface area contributed by atoms with Crippen LogP contribution < -0.4 is 9.47 Å². The Morgan fingerprint density at radius 1 is 0.618 bits per heavy atom. The second-order valence-corrected chi connectivity index (χ2v) is 8.99. The third kappa shape index (κ3) is 6.99. The molecule has 0 aromatic heterocycles. The van der Waals surface area contributed by atoms with Gasteiger partial charge in [-0.1, -0.05) is 35.4 Å². The fourth-order valence-electron chi connectivity index (χ4n) is 4.63. The van der Waals surface area contributed by atoms with Crippen molar-refractivity contribution in [1.29, 1.82) is 0 Å². The van der Waals surface area contributed by atoms with Gasteiger partial charge >= 0.3 is 11.9 Å². The van der Waals surface area contributed by atoms with Gasteiger partial charge in [-0.25, -0.2) is 0 Å². The summed E-state index contributed by atoms with van der Waals surface area (Å²) >= 11 is 0. The monoisotopic (exact) mass is 470 g/mol. The van der Waals surface area contributed by atoms with Gasteiger partial charge in [0.2, 0.25) is 0 Å². The van der Waals surface area contributed by atoms with Crippen molar-refractivity contribution in [1.82, 2.24) is 0 Å². The van der Waals surface area contributed by atoms with Gasteiger partial charge in [0, 0.05) is 0 Å². The highest BCUT2D eigenvalue weighted by Crippen LogP contribution is 2.29.